The topological polar surface area (TPSA) is 91.8 Å². The molecule has 6 nitrogen and oxygen atoms in total. The molecular weight excluding hydrogens is 344 g/mol. The Morgan fingerprint density at radius 1 is 1.33 bits per heavy atom. The van der Waals surface area contributed by atoms with Crippen LogP contribution < -0.4 is 5.32 Å². The molecule has 120 valence electrons. The molecule has 0 saturated carbocycles. The van der Waals surface area contributed by atoms with Gasteiger partial charge in [0.25, 0.3) is 5.91 Å². The number of carbonyl (C=O) groups is 1. The van der Waals surface area contributed by atoms with Gasteiger partial charge in [-0.05, 0) is 30.7 Å². The van der Waals surface area contributed by atoms with Gasteiger partial charge in [0.05, 0.1) is 17.9 Å². The number of rotatable bonds is 5. The van der Waals surface area contributed by atoms with Gasteiger partial charge in [0.1, 0.15) is 0 Å². The second kappa shape index (κ2) is 7.29. The summed E-state index contributed by atoms with van der Waals surface area (Å²) in [5.41, 5.74) is 2.50. The fourth-order valence-electron chi connectivity index (χ4n) is 1.90. The number of nitriles is 1. The number of anilines is 1. The van der Waals surface area contributed by atoms with Crippen molar-refractivity contribution in [1.29, 1.82) is 5.26 Å². The lowest BCUT2D eigenvalue weighted by Crippen LogP contribution is -2.11. The molecule has 24 heavy (non-hydrogen) atoms. The van der Waals surface area contributed by atoms with Crippen LogP contribution in [0.3, 0.4) is 0 Å². The Bertz CT molecular complexity index is 893. The highest BCUT2D eigenvalue weighted by molar-refractivity contribution is 8.00. The average molecular weight is 356 g/mol. The molecule has 1 N–H and O–H groups in total. The van der Waals surface area contributed by atoms with Gasteiger partial charge in [-0.2, -0.15) is 5.26 Å². The molecule has 0 radical (unpaired) electrons. The second-order valence-corrected chi connectivity index (χ2v) is 7.06. The van der Waals surface area contributed by atoms with Gasteiger partial charge in [0.2, 0.25) is 5.13 Å². The average Bonchev–Trinajstić information content (AvgIpc) is 3.22. The fraction of sp³-hybridized carbons (Fsp3) is 0.125. The first kappa shape index (κ1) is 16.2. The predicted octanol–water partition coefficient (Wildman–Crippen LogP) is 3.86. The lowest BCUT2D eigenvalue weighted by atomic mass is 10.2. The molecule has 2 aromatic heterocycles. The molecule has 8 heteroatoms. The van der Waals surface area contributed by atoms with E-state index in [0.29, 0.717) is 16.4 Å². The summed E-state index contributed by atoms with van der Waals surface area (Å²) in [5.74, 6) is 0.653. The number of nitrogens with zero attached hydrogens (tertiary/aromatic N) is 3. The maximum atomic E-state index is 12.0. The molecule has 0 saturated heterocycles. The van der Waals surface area contributed by atoms with Crippen LogP contribution in [-0.2, 0) is 5.75 Å². The number of thioether (sulfide) groups is 1. The van der Waals surface area contributed by atoms with Crippen molar-refractivity contribution in [2.75, 3.05) is 5.32 Å². The Morgan fingerprint density at radius 3 is 2.79 bits per heavy atom. The fourth-order valence-corrected chi connectivity index (χ4v) is 3.60. The molecule has 0 fully saturated rings. The van der Waals surface area contributed by atoms with Gasteiger partial charge in [-0.15, -0.1) is 10.2 Å². The van der Waals surface area contributed by atoms with Crippen molar-refractivity contribution in [3.05, 3.63) is 59.0 Å². The maximum absolute atomic E-state index is 12.0. The van der Waals surface area contributed by atoms with Gasteiger partial charge in [-0.3, -0.25) is 10.1 Å². The SMILES string of the molecule is Cc1ccoc1C(=O)Nc1nnc(SCc2ccc(C#N)cc2)s1. The first-order chi connectivity index (χ1) is 11.7. The third-order valence-electron chi connectivity index (χ3n) is 3.14. The minimum atomic E-state index is -0.336. The van der Waals surface area contributed by atoms with E-state index in [2.05, 4.69) is 21.6 Å². The Hall–Kier alpha value is -2.63. The third-order valence-corrected chi connectivity index (χ3v) is 5.18. The number of benzene rings is 1. The Morgan fingerprint density at radius 2 is 2.12 bits per heavy atom. The van der Waals surface area contributed by atoms with E-state index in [4.69, 9.17) is 9.68 Å². The zero-order valence-electron chi connectivity index (χ0n) is 12.6. The van der Waals surface area contributed by atoms with Crippen molar-refractivity contribution in [1.82, 2.24) is 10.2 Å². The summed E-state index contributed by atoms with van der Waals surface area (Å²) in [5, 5.41) is 19.9. The normalized spacial score (nSPS) is 10.3. The molecule has 3 aromatic rings. The molecule has 1 amide bonds. The van der Waals surface area contributed by atoms with Crippen LogP contribution in [0.5, 0.6) is 0 Å². The van der Waals surface area contributed by atoms with Crippen LogP contribution in [0.2, 0.25) is 0 Å². The maximum Gasteiger partial charge on any atom is 0.293 e. The Kier molecular flexibility index (Phi) is 4.93. The number of hydrogen-bond donors (Lipinski definition) is 1. The lowest BCUT2D eigenvalue weighted by Gasteiger charge is -1.99. The predicted molar refractivity (Wildman–Crippen MR) is 92.0 cm³/mol. The van der Waals surface area contributed by atoms with Crippen molar-refractivity contribution in [3.8, 4) is 6.07 Å². The number of aryl methyl sites for hydroxylation is 1. The van der Waals surface area contributed by atoms with Gasteiger partial charge in [-0.1, -0.05) is 35.2 Å². The van der Waals surface area contributed by atoms with Crippen molar-refractivity contribution in [3.63, 3.8) is 0 Å². The van der Waals surface area contributed by atoms with Crippen molar-refractivity contribution >= 4 is 34.1 Å². The van der Waals surface area contributed by atoms with Gasteiger partial charge in [-0.25, -0.2) is 0 Å². The lowest BCUT2D eigenvalue weighted by molar-refractivity contribution is 0.0996. The highest BCUT2D eigenvalue weighted by atomic mass is 32.2. The number of nitrogens with one attached hydrogen (secondary N) is 1. The van der Waals surface area contributed by atoms with Gasteiger partial charge >= 0.3 is 0 Å². The minimum Gasteiger partial charge on any atom is -0.459 e. The molecule has 0 aliphatic heterocycles. The quantitative estimate of drug-likeness (QED) is 0.551. The van der Waals surface area contributed by atoms with E-state index in [-0.39, 0.29) is 11.7 Å². The first-order valence-electron chi connectivity index (χ1n) is 6.96. The molecule has 1 aromatic carbocycles. The van der Waals surface area contributed by atoms with E-state index in [1.54, 1.807) is 25.1 Å². The molecule has 0 bridgehead atoms. The van der Waals surface area contributed by atoms with Crippen LogP contribution in [0.25, 0.3) is 0 Å². The summed E-state index contributed by atoms with van der Waals surface area (Å²) in [6, 6.07) is 11.2. The first-order valence-corrected chi connectivity index (χ1v) is 8.76. The molecule has 0 aliphatic rings. The standard InChI is InChI=1S/C16H12N4O2S2/c1-10-6-7-22-13(10)14(21)18-15-19-20-16(24-15)23-9-12-4-2-11(8-17)3-5-12/h2-7H,9H2,1H3,(H,18,19,21). The van der Waals surface area contributed by atoms with E-state index >= 15 is 0 Å². The highest BCUT2D eigenvalue weighted by Crippen LogP contribution is 2.28. The molecule has 0 spiro atoms. The zero-order valence-corrected chi connectivity index (χ0v) is 14.3. The smallest absolute Gasteiger partial charge is 0.293 e. The van der Waals surface area contributed by atoms with E-state index in [1.165, 1.54) is 29.4 Å². The minimum absolute atomic E-state index is 0.275. The van der Waals surface area contributed by atoms with Crippen molar-refractivity contribution in [2.45, 2.75) is 17.0 Å². The number of furan rings is 1. The molecule has 0 unspecified atom stereocenters. The van der Waals surface area contributed by atoms with E-state index in [0.717, 1.165) is 15.5 Å². The highest BCUT2D eigenvalue weighted by Gasteiger charge is 2.15. The molecule has 2 heterocycles. The van der Waals surface area contributed by atoms with Gasteiger partial charge < -0.3 is 4.42 Å². The number of amides is 1. The van der Waals surface area contributed by atoms with Crippen LogP contribution in [0, 0.1) is 18.3 Å². The summed E-state index contributed by atoms with van der Waals surface area (Å²) < 4.78 is 5.90. The second-order valence-electron chi connectivity index (χ2n) is 4.86. The van der Waals surface area contributed by atoms with E-state index in [1.807, 2.05) is 12.1 Å². The van der Waals surface area contributed by atoms with Crippen LogP contribution in [0.1, 0.15) is 27.2 Å². The summed E-state index contributed by atoms with van der Waals surface area (Å²) in [6.45, 7) is 1.80. The van der Waals surface area contributed by atoms with Crippen LogP contribution in [0.15, 0.2) is 45.4 Å². The molecule has 0 aliphatic carbocycles. The van der Waals surface area contributed by atoms with Gasteiger partial charge in [0.15, 0.2) is 10.1 Å². The number of carbonyl (C=O) groups excluding carboxylic acids is 1. The Balaban J connectivity index is 1.58. The third kappa shape index (κ3) is 3.82. The van der Waals surface area contributed by atoms with Crippen LogP contribution in [0.4, 0.5) is 5.13 Å². The van der Waals surface area contributed by atoms with Crippen LogP contribution >= 0.6 is 23.1 Å². The van der Waals surface area contributed by atoms with Crippen molar-refractivity contribution < 1.29 is 9.21 Å². The van der Waals surface area contributed by atoms with Gasteiger partial charge in [0, 0.05) is 11.3 Å². The summed E-state index contributed by atoms with van der Waals surface area (Å²) in [7, 11) is 0. The number of aromatic nitrogens is 2. The van der Waals surface area contributed by atoms with E-state index in [9.17, 15) is 4.79 Å². The molecule has 3 rings (SSSR count). The Labute approximate surface area is 146 Å². The molecular formula is C16H12N4O2S2. The number of hydrogen-bond acceptors (Lipinski definition) is 7. The van der Waals surface area contributed by atoms with E-state index < -0.39 is 0 Å². The monoisotopic (exact) mass is 356 g/mol. The largest absolute Gasteiger partial charge is 0.459 e. The van der Waals surface area contributed by atoms with Crippen molar-refractivity contribution in [2.24, 2.45) is 0 Å². The van der Waals surface area contributed by atoms with Crippen LogP contribution in [-0.4, -0.2) is 16.1 Å². The summed E-state index contributed by atoms with van der Waals surface area (Å²) in [4.78, 5) is 12.0. The zero-order chi connectivity index (χ0) is 16.9. The summed E-state index contributed by atoms with van der Waals surface area (Å²) >= 11 is 2.83. The summed E-state index contributed by atoms with van der Waals surface area (Å²) in [6.07, 6.45) is 1.48. The molecule has 0 atom stereocenters.